The summed E-state index contributed by atoms with van der Waals surface area (Å²) in [4.78, 5) is 12.5. The molecule has 1 saturated heterocycles. The quantitative estimate of drug-likeness (QED) is 0.0588. The van der Waals surface area contributed by atoms with E-state index in [0.717, 1.165) is 15.9 Å². The van der Waals surface area contributed by atoms with Gasteiger partial charge >= 0.3 is 0 Å². The number of amides is 1. The van der Waals surface area contributed by atoms with Crippen molar-refractivity contribution in [2.24, 2.45) is 5.92 Å². The molecule has 0 saturated carbocycles. The number of carbonyl (C=O) groups is 1. The lowest BCUT2D eigenvalue weighted by atomic mass is 9.91. The Morgan fingerprint density at radius 1 is 0.886 bits per heavy atom. The fourth-order valence-electron chi connectivity index (χ4n) is 4.72. The van der Waals surface area contributed by atoms with Crippen LogP contribution in [0.15, 0.2) is 78.0 Å². The van der Waals surface area contributed by atoms with Gasteiger partial charge in [-0.15, -0.1) is 0 Å². The van der Waals surface area contributed by atoms with Gasteiger partial charge in [-0.2, -0.15) is 4.73 Å². The Hall–Kier alpha value is -4.04. The molecule has 1 aromatic heterocycles. The summed E-state index contributed by atoms with van der Waals surface area (Å²) < 4.78 is 82.1. The Bertz CT molecular complexity index is 1630. The molecule has 44 heavy (non-hydrogen) atoms. The Morgan fingerprint density at radius 2 is 1.50 bits per heavy atom. The number of nitrogens with zero attached hydrogens (tertiary/aromatic N) is 1. The first-order valence-corrected chi connectivity index (χ1v) is 14.3. The van der Waals surface area contributed by atoms with Crippen molar-refractivity contribution < 1.29 is 46.1 Å². The molecule has 230 valence electrons. The number of hydrogen-bond donors (Lipinski definition) is 2. The van der Waals surface area contributed by atoms with E-state index >= 15 is 0 Å². The molecule has 4 aromatic rings. The molecule has 1 amide bonds. The van der Waals surface area contributed by atoms with Crippen LogP contribution in [0.3, 0.4) is 0 Å². The molecule has 1 aliphatic rings. The van der Waals surface area contributed by atoms with E-state index in [4.69, 9.17) is 9.47 Å². The summed E-state index contributed by atoms with van der Waals surface area (Å²) in [6.07, 6.45) is -0.350. The van der Waals surface area contributed by atoms with Gasteiger partial charge in [0, 0.05) is 35.1 Å². The normalized spacial score (nSPS) is 20.0. The maximum absolute atomic E-state index is 14.1. The number of thioether (sulfide) groups is 1. The van der Waals surface area contributed by atoms with Gasteiger partial charge in [-0.3, -0.25) is 4.79 Å². The van der Waals surface area contributed by atoms with E-state index in [1.165, 1.54) is 42.2 Å². The third-order valence-electron chi connectivity index (χ3n) is 7.19. The van der Waals surface area contributed by atoms with Crippen molar-refractivity contribution in [1.29, 1.82) is 0 Å². The number of aliphatic hydroxyl groups is 1. The van der Waals surface area contributed by atoms with Crippen LogP contribution >= 0.6 is 11.8 Å². The second-order valence-electron chi connectivity index (χ2n) is 10.0. The van der Waals surface area contributed by atoms with E-state index < -0.39 is 59.1 Å². The molecule has 0 unspecified atom stereocenters. The molecule has 4 atom stereocenters. The van der Waals surface area contributed by atoms with Crippen LogP contribution in [0.2, 0.25) is 0 Å². The van der Waals surface area contributed by atoms with Crippen LogP contribution in [-0.2, 0) is 16.1 Å². The maximum Gasteiger partial charge on any atom is 0.261 e. The van der Waals surface area contributed by atoms with Crippen LogP contribution in [0, 0.1) is 40.2 Å². The minimum absolute atomic E-state index is 0.0131. The number of benzene rings is 3. The van der Waals surface area contributed by atoms with Crippen molar-refractivity contribution in [3.63, 3.8) is 0 Å². The van der Waals surface area contributed by atoms with Gasteiger partial charge in [0.2, 0.25) is 5.82 Å². The Balaban J connectivity index is 1.37. The number of halogens is 5. The standard InChI is InChI=1S/C31H25F5N2O5S/c1-16-21(15-44-22-4-2-3-13-38(22)41)42-31(43-29(16)18-7-5-17(14-39)6-8-18)19-9-11-20(12-10-19)37-30(40)23-24(32)26(34)28(36)27(35)25(23)33/h2-13,16,21,29,31,39H,14-15H2,1H3,(H,37,40)/t16-,21+,29+,31+/m0/s1. The van der Waals surface area contributed by atoms with Gasteiger partial charge < -0.3 is 25.1 Å². The van der Waals surface area contributed by atoms with Gasteiger partial charge in [0.25, 0.3) is 10.9 Å². The summed E-state index contributed by atoms with van der Waals surface area (Å²) in [5, 5.41) is 24.2. The first kappa shape index (κ1) is 31.4. The van der Waals surface area contributed by atoms with Crippen molar-refractivity contribution in [2.75, 3.05) is 11.1 Å². The van der Waals surface area contributed by atoms with Crippen LogP contribution in [0.1, 0.15) is 46.4 Å². The lowest BCUT2D eigenvalue weighted by Crippen LogP contribution is -2.39. The summed E-state index contributed by atoms with van der Waals surface area (Å²) in [6.45, 7) is 1.84. The smallest absolute Gasteiger partial charge is 0.261 e. The van der Waals surface area contributed by atoms with E-state index in [-0.39, 0.29) is 18.2 Å². The largest absolute Gasteiger partial charge is 0.618 e. The number of pyridine rings is 1. The molecule has 0 aliphatic carbocycles. The van der Waals surface area contributed by atoms with Crippen molar-refractivity contribution >= 4 is 23.4 Å². The van der Waals surface area contributed by atoms with Crippen LogP contribution in [0.4, 0.5) is 27.6 Å². The number of nitrogens with one attached hydrogen (secondary N) is 1. The molecule has 0 radical (unpaired) electrons. The van der Waals surface area contributed by atoms with Crippen LogP contribution < -0.4 is 10.0 Å². The molecule has 0 spiro atoms. The summed E-state index contributed by atoms with van der Waals surface area (Å²) in [5.74, 6) is -12.6. The first-order valence-electron chi connectivity index (χ1n) is 13.3. The predicted octanol–water partition coefficient (Wildman–Crippen LogP) is 6.34. The average Bonchev–Trinajstić information content (AvgIpc) is 3.03. The van der Waals surface area contributed by atoms with E-state index in [9.17, 15) is 37.1 Å². The van der Waals surface area contributed by atoms with Gasteiger partial charge in [-0.05, 0) is 29.3 Å². The summed E-state index contributed by atoms with van der Waals surface area (Å²) in [5.41, 5.74) is 0.482. The van der Waals surface area contributed by atoms with Gasteiger partial charge in [0.15, 0.2) is 35.8 Å². The molecule has 7 nitrogen and oxygen atoms in total. The number of aliphatic hydroxyl groups excluding tert-OH is 1. The van der Waals surface area contributed by atoms with Crippen LogP contribution in [0.25, 0.3) is 0 Å². The van der Waals surface area contributed by atoms with Gasteiger partial charge in [0.1, 0.15) is 5.56 Å². The Morgan fingerprint density at radius 3 is 2.11 bits per heavy atom. The molecule has 2 N–H and O–H groups in total. The minimum atomic E-state index is -2.36. The van der Waals surface area contributed by atoms with Gasteiger partial charge in [-0.25, -0.2) is 22.0 Å². The van der Waals surface area contributed by atoms with Crippen molar-refractivity contribution in [3.8, 4) is 0 Å². The molecule has 13 heteroatoms. The monoisotopic (exact) mass is 632 g/mol. The zero-order chi connectivity index (χ0) is 31.5. The summed E-state index contributed by atoms with van der Waals surface area (Å²) in [6, 6.07) is 18.1. The number of carbonyl (C=O) groups excluding carboxylic acids is 1. The fraction of sp³-hybridized carbons (Fsp3) is 0.226. The van der Waals surface area contributed by atoms with Crippen molar-refractivity contribution in [3.05, 3.63) is 129 Å². The molecular formula is C31H25F5N2O5S. The highest BCUT2D eigenvalue weighted by atomic mass is 32.2. The first-order chi connectivity index (χ1) is 21.1. The van der Waals surface area contributed by atoms with E-state index in [0.29, 0.717) is 16.3 Å². The zero-order valence-electron chi connectivity index (χ0n) is 23.0. The maximum atomic E-state index is 14.1. The topological polar surface area (TPSA) is 94.7 Å². The van der Waals surface area contributed by atoms with Gasteiger partial charge in [-0.1, -0.05) is 55.1 Å². The molecule has 1 aliphatic heterocycles. The van der Waals surface area contributed by atoms with E-state index in [1.54, 1.807) is 30.3 Å². The lowest BCUT2D eigenvalue weighted by Gasteiger charge is -2.41. The minimum Gasteiger partial charge on any atom is -0.618 e. The number of aromatic nitrogens is 1. The summed E-state index contributed by atoms with van der Waals surface area (Å²) in [7, 11) is 0. The number of rotatable bonds is 8. The molecular weight excluding hydrogens is 607 g/mol. The highest BCUT2D eigenvalue weighted by Crippen LogP contribution is 2.43. The SMILES string of the molecule is C[C@H]1[C@@H](CSc2cccc[n+]2[O-])O[C@@H](c2ccc(NC(=O)c3c(F)c(F)c(F)c(F)c3F)cc2)O[C@H]1c1ccc(CO)cc1. The lowest BCUT2D eigenvalue weighted by molar-refractivity contribution is -0.645. The molecule has 0 bridgehead atoms. The van der Waals surface area contributed by atoms with Gasteiger partial charge in [0.05, 0.1) is 18.8 Å². The van der Waals surface area contributed by atoms with Crippen molar-refractivity contribution in [2.45, 2.75) is 37.1 Å². The predicted molar refractivity (Wildman–Crippen MR) is 150 cm³/mol. The van der Waals surface area contributed by atoms with E-state index in [2.05, 4.69) is 5.32 Å². The third kappa shape index (κ3) is 6.41. The van der Waals surface area contributed by atoms with E-state index in [1.807, 2.05) is 19.1 Å². The van der Waals surface area contributed by atoms with Crippen LogP contribution in [0.5, 0.6) is 0 Å². The Kier molecular flexibility index (Phi) is 9.49. The fourth-order valence-corrected chi connectivity index (χ4v) is 5.80. The third-order valence-corrected chi connectivity index (χ3v) is 8.29. The Labute approximate surface area is 252 Å². The highest BCUT2D eigenvalue weighted by molar-refractivity contribution is 7.99. The number of ether oxygens (including phenoxy) is 2. The molecule has 1 fully saturated rings. The number of hydrogen-bond acceptors (Lipinski definition) is 6. The highest BCUT2D eigenvalue weighted by Gasteiger charge is 2.39. The zero-order valence-corrected chi connectivity index (χ0v) is 23.8. The van der Waals surface area contributed by atoms with Crippen LogP contribution in [-0.4, -0.2) is 22.9 Å². The number of anilines is 1. The molecule has 3 aromatic carbocycles. The summed E-state index contributed by atoms with van der Waals surface area (Å²) >= 11 is 1.32. The second kappa shape index (κ2) is 13.3. The molecule has 2 heterocycles. The molecule has 5 rings (SSSR count). The second-order valence-corrected chi connectivity index (χ2v) is 11.1. The average molecular weight is 633 g/mol. The van der Waals surface area contributed by atoms with Crippen molar-refractivity contribution in [1.82, 2.24) is 0 Å².